The van der Waals surface area contributed by atoms with E-state index in [0.717, 1.165) is 18.8 Å². The van der Waals surface area contributed by atoms with Gasteiger partial charge in [-0.2, -0.15) is 0 Å². The summed E-state index contributed by atoms with van der Waals surface area (Å²) < 4.78 is 2.14. The largest absolute Gasteiger partial charge is 0.318 e. The van der Waals surface area contributed by atoms with Crippen molar-refractivity contribution in [3.8, 4) is 0 Å². The Bertz CT molecular complexity index is 294. The number of rotatable bonds is 11. The number of hydrogen-bond acceptors (Lipinski definition) is 2. The third-order valence-corrected chi connectivity index (χ3v) is 3.54. The van der Waals surface area contributed by atoms with E-state index in [9.17, 15) is 0 Å². The SMILES string of the molecule is CCCCCCCCCCCc1nncn1CC. The van der Waals surface area contributed by atoms with Gasteiger partial charge in [-0.25, -0.2) is 0 Å². The minimum absolute atomic E-state index is 0.986. The molecule has 1 aromatic rings. The predicted molar refractivity (Wildman–Crippen MR) is 76.6 cm³/mol. The first-order valence-corrected chi connectivity index (χ1v) is 7.75. The molecule has 0 spiro atoms. The van der Waals surface area contributed by atoms with Crippen molar-refractivity contribution < 1.29 is 0 Å². The van der Waals surface area contributed by atoms with Gasteiger partial charge in [0.1, 0.15) is 12.2 Å². The lowest BCUT2D eigenvalue weighted by Crippen LogP contribution is -2.00. The zero-order valence-corrected chi connectivity index (χ0v) is 12.2. The lowest BCUT2D eigenvalue weighted by Gasteiger charge is -2.03. The molecule has 1 rings (SSSR count). The van der Waals surface area contributed by atoms with Gasteiger partial charge in [-0.05, 0) is 13.3 Å². The van der Waals surface area contributed by atoms with E-state index in [4.69, 9.17) is 0 Å². The second-order valence-corrected chi connectivity index (χ2v) is 5.11. The van der Waals surface area contributed by atoms with Crippen molar-refractivity contribution >= 4 is 0 Å². The van der Waals surface area contributed by atoms with Gasteiger partial charge in [0.2, 0.25) is 0 Å². The minimum atomic E-state index is 0.986. The predicted octanol–water partition coefficient (Wildman–Crippen LogP) is 4.37. The van der Waals surface area contributed by atoms with Crippen LogP contribution in [0.1, 0.15) is 77.5 Å². The maximum Gasteiger partial charge on any atom is 0.132 e. The Hall–Kier alpha value is -0.860. The van der Waals surface area contributed by atoms with E-state index >= 15 is 0 Å². The highest BCUT2D eigenvalue weighted by atomic mass is 15.3. The third-order valence-electron chi connectivity index (χ3n) is 3.54. The zero-order chi connectivity index (χ0) is 13.1. The first-order chi connectivity index (χ1) is 8.88. The molecule has 0 bridgehead atoms. The van der Waals surface area contributed by atoms with Crippen LogP contribution in [0.3, 0.4) is 0 Å². The van der Waals surface area contributed by atoms with Crippen LogP contribution in [0.15, 0.2) is 6.33 Å². The van der Waals surface area contributed by atoms with Crippen LogP contribution in [0.4, 0.5) is 0 Å². The fourth-order valence-corrected chi connectivity index (χ4v) is 2.33. The van der Waals surface area contributed by atoms with E-state index in [-0.39, 0.29) is 0 Å². The van der Waals surface area contributed by atoms with Crippen LogP contribution in [-0.4, -0.2) is 14.8 Å². The molecule has 104 valence electrons. The Morgan fingerprint density at radius 1 is 0.889 bits per heavy atom. The molecular formula is C15H29N3. The van der Waals surface area contributed by atoms with E-state index in [1.807, 2.05) is 6.33 Å². The van der Waals surface area contributed by atoms with Crippen LogP contribution < -0.4 is 0 Å². The zero-order valence-electron chi connectivity index (χ0n) is 12.2. The number of aryl methyl sites for hydroxylation is 2. The first-order valence-electron chi connectivity index (χ1n) is 7.75. The van der Waals surface area contributed by atoms with Gasteiger partial charge in [-0.15, -0.1) is 10.2 Å². The van der Waals surface area contributed by atoms with E-state index in [2.05, 4.69) is 28.6 Å². The van der Waals surface area contributed by atoms with Crippen LogP contribution in [0, 0.1) is 0 Å². The van der Waals surface area contributed by atoms with Gasteiger partial charge in [0.15, 0.2) is 0 Å². The molecule has 0 saturated heterocycles. The molecule has 18 heavy (non-hydrogen) atoms. The number of hydrogen-bond donors (Lipinski definition) is 0. The summed E-state index contributed by atoms with van der Waals surface area (Å²) >= 11 is 0. The van der Waals surface area contributed by atoms with Crippen molar-refractivity contribution in [2.45, 2.75) is 84.6 Å². The van der Waals surface area contributed by atoms with Gasteiger partial charge in [0, 0.05) is 13.0 Å². The van der Waals surface area contributed by atoms with Crippen LogP contribution in [0.25, 0.3) is 0 Å². The standard InChI is InChI=1S/C15H29N3/c1-3-5-6-7-8-9-10-11-12-13-15-17-16-14-18(15)4-2/h14H,3-13H2,1-2H3. The molecule has 0 N–H and O–H groups in total. The molecule has 0 aromatic carbocycles. The molecule has 0 aliphatic carbocycles. The third kappa shape index (κ3) is 6.18. The average molecular weight is 251 g/mol. The summed E-state index contributed by atoms with van der Waals surface area (Å²) in [6.45, 7) is 5.40. The van der Waals surface area contributed by atoms with Gasteiger partial charge >= 0.3 is 0 Å². The molecule has 0 aliphatic heterocycles. The van der Waals surface area contributed by atoms with Gasteiger partial charge in [0.05, 0.1) is 0 Å². The molecule has 0 fully saturated rings. The van der Waals surface area contributed by atoms with Gasteiger partial charge in [-0.3, -0.25) is 0 Å². The summed E-state index contributed by atoms with van der Waals surface area (Å²) in [6.07, 6.45) is 15.3. The summed E-state index contributed by atoms with van der Waals surface area (Å²) in [6, 6.07) is 0. The second-order valence-electron chi connectivity index (χ2n) is 5.11. The smallest absolute Gasteiger partial charge is 0.132 e. The van der Waals surface area contributed by atoms with Crippen LogP contribution >= 0.6 is 0 Å². The highest BCUT2D eigenvalue weighted by Crippen LogP contribution is 2.11. The maximum absolute atomic E-state index is 4.17. The quantitative estimate of drug-likeness (QED) is 0.547. The average Bonchev–Trinajstić information content (AvgIpc) is 2.84. The molecule has 1 heterocycles. The lowest BCUT2D eigenvalue weighted by molar-refractivity contribution is 0.557. The number of nitrogens with zero attached hydrogens (tertiary/aromatic N) is 3. The van der Waals surface area contributed by atoms with Crippen LogP contribution in [-0.2, 0) is 13.0 Å². The molecule has 3 nitrogen and oxygen atoms in total. The van der Waals surface area contributed by atoms with E-state index in [1.165, 1.54) is 57.8 Å². The summed E-state index contributed by atoms with van der Waals surface area (Å²) in [5, 5.41) is 8.13. The highest BCUT2D eigenvalue weighted by molar-refractivity contribution is 4.85. The maximum atomic E-state index is 4.17. The molecule has 0 saturated carbocycles. The summed E-state index contributed by atoms with van der Waals surface area (Å²) in [5.41, 5.74) is 0. The summed E-state index contributed by atoms with van der Waals surface area (Å²) in [7, 11) is 0. The molecular weight excluding hydrogens is 222 g/mol. The van der Waals surface area contributed by atoms with Crippen molar-refractivity contribution in [2.75, 3.05) is 0 Å². The second kappa shape index (κ2) is 10.1. The first kappa shape index (κ1) is 15.2. The van der Waals surface area contributed by atoms with Crippen LogP contribution in [0.2, 0.25) is 0 Å². The van der Waals surface area contributed by atoms with E-state index in [0.29, 0.717) is 0 Å². The Morgan fingerprint density at radius 3 is 2.11 bits per heavy atom. The van der Waals surface area contributed by atoms with E-state index < -0.39 is 0 Å². The van der Waals surface area contributed by atoms with Gasteiger partial charge < -0.3 is 4.57 Å². The van der Waals surface area contributed by atoms with Crippen molar-refractivity contribution in [1.29, 1.82) is 0 Å². The highest BCUT2D eigenvalue weighted by Gasteiger charge is 2.01. The van der Waals surface area contributed by atoms with Crippen molar-refractivity contribution in [3.05, 3.63) is 12.2 Å². The normalized spacial score (nSPS) is 11.0. The Labute approximate surface area is 112 Å². The molecule has 1 aromatic heterocycles. The molecule has 0 atom stereocenters. The van der Waals surface area contributed by atoms with Gasteiger partial charge in [-0.1, -0.05) is 58.3 Å². The lowest BCUT2D eigenvalue weighted by atomic mass is 10.1. The van der Waals surface area contributed by atoms with Crippen molar-refractivity contribution in [1.82, 2.24) is 14.8 Å². The van der Waals surface area contributed by atoms with Gasteiger partial charge in [0.25, 0.3) is 0 Å². The summed E-state index contributed by atoms with van der Waals surface area (Å²) in [4.78, 5) is 0. The Balaban J connectivity index is 1.92. The van der Waals surface area contributed by atoms with E-state index in [1.54, 1.807) is 0 Å². The Kier molecular flexibility index (Phi) is 8.53. The topological polar surface area (TPSA) is 30.7 Å². The summed E-state index contributed by atoms with van der Waals surface area (Å²) in [5.74, 6) is 1.15. The van der Waals surface area contributed by atoms with Crippen molar-refractivity contribution in [3.63, 3.8) is 0 Å². The monoisotopic (exact) mass is 251 g/mol. The fourth-order valence-electron chi connectivity index (χ4n) is 2.33. The minimum Gasteiger partial charge on any atom is -0.318 e. The molecule has 3 heteroatoms. The number of aromatic nitrogens is 3. The molecule has 0 amide bonds. The molecule has 0 aliphatic rings. The fraction of sp³-hybridized carbons (Fsp3) is 0.867. The number of unbranched alkanes of at least 4 members (excludes halogenated alkanes) is 8. The van der Waals surface area contributed by atoms with Crippen LogP contribution in [0.5, 0.6) is 0 Å². The molecule has 0 unspecified atom stereocenters. The van der Waals surface area contributed by atoms with Crippen molar-refractivity contribution in [2.24, 2.45) is 0 Å². The molecule has 0 radical (unpaired) electrons. The Morgan fingerprint density at radius 2 is 1.50 bits per heavy atom.